The first kappa shape index (κ1) is 13.5. The average Bonchev–Trinajstić information content (AvgIpc) is 2.83. The Morgan fingerprint density at radius 1 is 1.40 bits per heavy atom. The summed E-state index contributed by atoms with van der Waals surface area (Å²) in [6, 6.07) is 6.23. The number of fused-ring (bicyclic) bond motifs is 1. The van der Waals surface area contributed by atoms with Crippen LogP contribution < -0.4 is 4.90 Å². The van der Waals surface area contributed by atoms with E-state index in [1.165, 1.54) is 11.1 Å². The van der Waals surface area contributed by atoms with E-state index in [-0.39, 0.29) is 18.4 Å². The number of aryl methyl sites for hydroxylation is 2. The van der Waals surface area contributed by atoms with Crippen LogP contribution in [0.3, 0.4) is 0 Å². The van der Waals surface area contributed by atoms with Gasteiger partial charge in [0.15, 0.2) is 0 Å². The molecule has 2 aliphatic heterocycles. The number of amides is 2. The molecule has 5 heteroatoms. The minimum absolute atomic E-state index is 0.0330. The van der Waals surface area contributed by atoms with E-state index in [9.17, 15) is 9.59 Å². The third-order valence-electron chi connectivity index (χ3n) is 3.81. The molecule has 0 unspecified atom stereocenters. The van der Waals surface area contributed by atoms with E-state index in [1.54, 1.807) is 16.7 Å². The number of hydrogen-bond acceptors (Lipinski definition) is 3. The van der Waals surface area contributed by atoms with Crippen molar-refractivity contribution in [3.05, 3.63) is 29.3 Å². The number of carbonyl (C=O) groups is 2. The molecular weight excluding hydrogens is 272 g/mol. The monoisotopic (exact) mass is 290 g/mol. The van der Waals surface area contributed by atoms with Gasteiger partial charge < -0.3 is 9.80 Å². The van der Waals surface area contributed by atoms with Crippen molar-refractivity contribution in [3.8, 4) is 0 Å². The lowest BCUT2D eigenvalue weighted by atomic mass is 9.99. The molecule has 106 valence electrons. The minimum Gasteiger partial charge on any atom is -0.323 e. The molecule has 2 heterocycles. The quantitative estimate of drug-likeness (QED) is 0.834. The van der Waals surface area contributed by atoms with Crippen LogP contribution in [0.15, 0.2) is 18.2 Å². The van der Waals surface area contributed by atoms with Gasteiger partial charge in [0.05, 0.1) is 11.6 Å². The van der Waals surface area contributed by atoms with Gasteiger partial charge in [-0.2, -0.15) is 0 Å². The van der Waals surface area contributed by atoms with Crippen LogP contribution in [0.5, 0.6) is 0 Å². The number of benzene rings is 1. The summed E-state index contributed by atoms with van der Waals surface area (Å²) in [5.74, 6) is 1.25. The van der Waals surface area contributed by atoms with Crippen LogP contribution in [0.4, 0.5) is 5.69 Å². The number of hydrogen-bond donors (Lipinski definition) is 0. The Bertz CT molecular complexity index is 559. The second kappa shape index (κ2) is 5.48. The highest BCUT2D eigenvalue weighted by molar-refractivity contribution is 8.00. The topological polar surface area (TPSA) is 40.6 Å². The van der Waals surface area contributed by atoms with Crippen LogP contribution in [0.25, 0.3) is 0 Å². The normalized spacial score (nSPS) is 18.4. The van der Waals surface area contributed by atoms with Gasteiger partial charge in [-0.15, -0.1) is 11.8 Å². The van der Waals surface area contributed by atoms with Crippen LogP contribution in [0.1, 0.15) is 17.5 Å². The summed E-state index contributed by atoms with van der Waals surface area (Å²) in [6.45, 7) is 3.03. The fourth-order valence-electron chi connectivity index (χ4n) is 2.77. The zero-order valence-corrected chi connectivity index (χ0v) is 12.4. The average molecular weight is 290 g/mol. The molecule has 0 atom stereocenters. The molecule has 2 aliphatic rings. The first-order chi connectivity index (χ1) is 9.65. The molecule has 0 bridgehead atoms. The number of anilines is 1. The van der Waals surface area contributed by atoms with Crippen molar-refractivity contribution in [1.82, 2.24) is 4.90 Å². The second-order valence-corrected chi connectivity index (χ2v) is 6.31. The smallest absolute Gasteiger partial charge is 0.246 e. The van der Waals surface area contributed by atoms with E-state index in [2.05, 4.69) is 13.0 Å². The summed E-state index contributed by atoms with van der Waals surface area (Å²) in [5, 5.41) is 0. The van der Waals surface area contributed by atoms with E-state index in [1.807, 2.05) is 17.0 Å². The molecule has 3 rings (SSSR count). The van der Waals surface area contributed by atoms with Crippen molar-refractivity contribution >= 4 is 29.3 Å². The zero-order chi connectivity index (χ0) is 14.1. The van der Waals surface area contributed by atoms with Gasteiger partial charge in [0.1, 0.15) is 6.54 Å². The summed E-state index contributed by atoms with van der Waals surface area (Å²) in [5.41, 5.74) is 3.49. The van der Waals surface area contributed by atoms with Gasteiger partial charge in [-0.3, -0.25) is 9.59 Å². The van der Waals surface area contributed by atoms with Crippen molar-refractivity contribution in [3.63, 3.8) is 0 Å². The summed E-state index contributed by atoms with van der Waals surface area (Å²) >= 11 is 1.57. The van der Waals surface area contributed by atoms with Crippen LogP contribution in [0.2, 0.25) is 0 Å². The van der Waals surface area contributed by atoms with E-state index in [0.29, 0.717) is 11.6 Å². The highest BCUT2D eigenvalue weighted by atomic mass is 32.2. The lowest BCUT2D eigenvalue weighted by Gasteiger charge is -2.31. The summed E-state index contributed by atoms with van der Waals surface area (Å²) in [7, 11) is 0. The molecule has 20 heavy (non-hydrogen) atoms. The molecule has 4 nitrogen and oxygen atoms in total. The fraction of sp³-hybridized carbons (Fsp3) is 0.467. The van der Waals surface area contributed by atoms with Crippen molar-refractivity contribution in [2.45, 2.75) is 19.8 Å². The van der Waals surface area contributed by atoms with Crippen LogP contribution in [0, 0.1) is 6.92 Å². The number of carbonyl (C=O) groups excluding carboxylic acids is 2. The third-order valence-corrected chi connectivity index (χ3v) is 4.75. The van der Waals surface area contributed by atoms with Gasteiger partial charge in [0, 0.05) is 12.2 Å². The summed E-state index contributed by atoms with van der Waals surface area (Å²) < 4.78 is 0. The van der Waals surface area contributed by atoms with Gasteiger partial charge in [0.2, 0.25) is 11.8 Å². The van der Waals surface area contributed by atoms with E-state index < -0.39 is 0 Å². The van der Waals surface area contributed by atoms with Crippen molar-refractivity contribution in [2.75, 3.05) is 29.6 Å². The molecule has 0 N–H and O–H groups in total. The predicted octanol–water partition coefficient (Wildman–Crippen LogP) is 1.81. The highest BCUT2D eigenvalue weighted by Crippen LogP contribution is 2.28. The Balaban J connectivity index is 1.78. The zero-order valence-electron chi connectivity index (χ0n) is 11.6. The van der Waals surface area contributed by atoms with Crippen LogP contribution >= 0.6 is 11.8 Å². The van der Waals surface area contributed by atoms with Gasteiger partial charge >= 0.3 is 0 Å². The predicted molar refractivity (Wildman–Crippen MR) is 80.9 cm³/mol. The Hall–Kier alpha value is -1.49. The molecule has 1 aromatic rings. The minimum atomic E-state index is 0.0330. The largest absolute Gasteiger partial charge is 0.323 e. The Labute approximate surface area is 123 Å². The van der Waals surface area contributed by atoms with E-state index in [0.717, 1.165) is 25.1 Å². The fourth-order valence-corrected chi connectivity index (χ4v) is 3.68. The summed E-state index contributed by atoms with van der Waals surface area (Å²) in [6.07, 6.45) is 2.02. The SMILES string of the molecule is Cc1ccc2c(c1)CCCN2C(=O)CN1CSCC1=O. The standard InChI is InChI=1S/C15H18N2O2S/c1-11-4-5-13-12(7-11)3-2-6-17(13)14(18)8-16-10-20-9-15(16)19/h4-5,7H,2-3,6,8-10H2,1H3. The van der Waals surface area contributed by atoms with E-state index in [4.69, 9.17) is 0 Å². The summed E-state index contributed by atoms with van der Waals surface area (Å²) in [4.78, 5) is 27.6. The molecule has 1 fully saturated rings. The molecule has 0 aromatic heterocycles. The lowest BCUT2D eigenvalue weighted by Crippen LogP contribution is -2.43. The molecular formula is C15H18N2O2S. The van der Waals surface area contributed by atoms with E-state index >= 15 is 0 Å². The maximum absolute atomic E-state index is 12.5. The molecule has 1 aromatic carbocycles. The van der Waals surface area contributed by atoms with Crippen molar-refractivity contribution < 1.29 is 9.59 Å². The lowest BCUT2D eigenvalue weighted by molar-refractivity contribution is -0.131. The number of thioether (sulfide) groups is 1. The van der Waals surface area contributed by atoms with Gasteiger partial charge in [-0.25, -0.2) is 0 Å². The van der Waals surface area contributed by atoms with Gasteiger partial charge in [-0.1, -0.05) is 17.7 Å². The molecule has 2 amide bonds. The van der Waals surface area contributed by atoms with Crippen molar-refractivity contribution in [1.29, 1.82) is 0 Å². The van der Waals surface area contributed by atoms with Crippen molar-refractivity contribution in [2.24, 2.45) is 0 Å². The number of nitrogens with zero attached hydrogens (tertiary/aromatic N) is 2. The molecule has 0 spiro atoms. The molecule has 0 aliphatic carbocycles. The molecule has 0 radical (unpaired) electrons. The Kier molecular flexibility index (Phi) is 3.70. The first-order valence-electron chi connectivity index (χ1n) is 6.90. The molecule has 1 saturated heterocycles. The first-order valence-corrected chi connectivity index (χ1v) is 8.06. The van der Waals surface area contributed by atoms with Gasteiger partial charge in [-0.05, 0) is 31.4 Å². The van der Waals surface area contributed by atoms with Crippen LogP contribution in [-0.2, 0) is 16.0 Å². The third kappa shape index (κ3) is 2.54. The van der Waals surface area contributed by atoms with Crippen LogP contribution in [-0.4, -0.2) is 41.4 Å². The Morgan fingerprint density at radius 2 is 2.25 bits per heavy atom. The van der Waals surface area contributed by atoms with Gasteiger partial charge in [0.25, 0.3) is 0 Å². The number of rotatable bonds is 2. The maximum atomic E-state index is 12.5. The molecule has 0 saturated carbocycles. The highest BCUT2D eigenvalue weighted by Gasteiger charge is 2.28. The second-order valence-electron chi connectivity index (χ2n) is 5.35. The Morgan fingerprint density at radius 3 is 3.00 bits per heavy atom. The maximum Gasteiger partial charge on any atom is 0.246 e.